The number of aliphatic hydroxyl groups excluding tert-OH is 1. The quantitative estimate of drug-likeness (QED) is 0.122. The van der Waals surface area contributed by atoms with Crippen LogP contribution in [0.15, 0.2) is 121 Å². The lowest BCUT2D eigenvalue weighted by molar-refractivity contribution is -0.367. The Morgan fingerprint density at radius 1 is 0.725 bits per heavy atom. The van der Waals surface area contributed by atoms with E-state index < -0.39 is 42.3 Å². The van der Waals surface area contributed by atoms with Crippen LogP contribution in [0.2, 0.25) is 0 Å². The van der Waals surface area contributed by atoms with Crippen LogP contribution in [0.4, 0.5) is 0 Å². The lowest BCUT2D eigenvalue weighted by Crippen LogP contribution is -2.68. The summed E-state index contributed by atoms with van der Waals surface area (Å²) in [5, 5.41) is 24.6. The summed E-state index contributed by atoms with van der Waals surface area (Å²) >= 11 is 0. The second-order valence-electron chi connectivity index (χ2n) is 13.8. The minimum Gasteiger partial charge on any atom is -0.459 e. The highest BCUT2D eigenvalue weighted by atomic mass is 16.7. The van der Waals surface area contributed by atoms with Crippen molar-refractivity contribution in [3.63, 3.8) is 0 Å². The fraction of sp³-hybridized carbons (Fsp3) is 0.419. The van der Waals surface area contributed by atoms with Crippen LogP contribution in [0.1, 0.15) is 60.8 Å². The predicted molar refractivity (Wildman–Crippen MR) is 193 cm³/mol. The highest BCUT2D eigenvalue weighted by Gasteiger charge is 2.56. The molecule has 6 atom stereocenters. The van der Waals surface area contributed by atoms with Crippen molar-refractivity contribution in [3.05, 3.63) is 144 Å². The van der Waals surface area contributed by atoms with E-state index in [9.17, 15) is 15.0 Å². The van der Waals surface area contributed by atoms with Crippen LogP contribution in [0.5, 0.6) is 0 Å². The third-order valence-electron chi connectivity index (χ3n) is 9.86. The molecule has 0 bridgehead atoms. The average molecular weight is 695 g/mol. The van der Waals surface area contributed by atoms with Crippen molar-refractivity contribution in [2.24, 2.45) is 5.92 Å². The fourth-order valence-corrected chi connectivity index (χ4v) is 7.16. The second-order valence-corrected chi connectivity index (χ2v) is 13.8. The molecule has 4 aromatic carbocycles. The number of benzene rings is 4. The highest BCUT2D eigenvalue weighted by Crippen LogP contribution is 2.38. The van der Waals surface area contributed by atoms with E-state index in [0.717, 1.165) is 47.9 Å². The summed E-state index contributed by atoms with van der Waals surface area (Å²) in [6.07, 6.45) is 0.231. The topological polar surface area (TPSA) is 104 Å². The van der Waals surface area contributed by atoms with Gasteiger partial charge in [0.15, 0.2) is 11.9 Å². The van der Waals surface area contributed by atoms with Crippen LogP contribution in [-0.4, -0.2) is 59.1 Å². The summed E-state index contributed by atoms with van der Waals surface area (Å²) in [6, 6.07) is 38.4. The van der Waals surface area contributed by atoms with Crippen molar-refractivity contribution in [2.75, 3.05) is 6.61 Å². The Morgan fingerprint density at radius 3 is 1.84 bits per heavy atom. The zero-order valence-corrected chi connectivity index (χ0v) is 29.1. The molecule has 8 nitrogen and oxygen atoms in total. The van der Waals surface area contributed by atoms with E-state index in [1.807, 2.05) is 121 Å². The first-order chi connectivity index (χ1) is 25.0. The van der Waals surface area contributed by atoms with Crippen molar-refractivity contribution < 1.29 is 38.7 Å². The molecule has 270 valence electrons. The third kappa shape index (κ3) is 10.6. The van der Waals surface area contributed by atoms with Crippen LogP contribution < -0.4 is 0 Å². The Kier molecular flexibility index (Phi) is 13.4. The third-order valence-corrected chi connectivity index (χ3v) is 9.86. The molecule has 1 heterocycles. The molecule has 51 heavy (non-hydrogen) atoms. The molecule has 2 N–H and O–H groups in total. The molecule has 1 aliphatic carbocycles. The number of carbonyl (C=O) groups excluding carboxylic acids is 1. The van der Waals surface area contributed by atoms with Gasteiger partial charge in [0.1, 0.15) is 31.0 Å². The Balaban J connectivity index is 1.30. The molecule has 0 spiro atoms. The maximum atomic E-state index is 13.9. The smallest absolute Gasteiger partial charge is 0.335 e. The zero-order chi connectivity index (χ0) is 35.3. The Morgan fingerprint density at radius 2 is 1.25 bits per heavy atom. The van der Waals surface area contributed by atoms with E-state index in [1.165, 1.54) is 6.42 Å². The maximum absolute atomic E-state index is 13.9. The summed E-state index contributed by atoms with van der Waals surface area (Å²) in [5.41, 5.74) is 3.52. The average Bonchev–Trinajstić information content (AvgIpc) is 3.17. The molecule has 2 fully saturated rings. The molecule has 8 heteroatoms. The van der Waals surface area contributed by atoms with Gasteiger partial charge in [-0.1, -0.05) is 153 Å². The number of esters is 1. The van der Waals surface area contributed by atoms with E-state index in [2.05, 4.69) is 0 Å². The Bertz CT molecular complexity index is 1580. The number of aliphatic hydroxyl groups is 2. The normalized spacial score (nSPS) is 24.5. The highest BCUT2D eigenvalue weighted by molar-refractivity contribution is 5.74. The first kappa shape index (κ1) is 36.9. The van der Waals surface area contributed by atoms with Gasteiger partial charge in [-0.3, -0.25) is 0 Å². The minimum atomic E-state index is -1.94. The van der Waals surface area contributed by atoms with Crippen LogP contribution >= 0.6 is 0 Å². The van der Waals surface area contributed by atoms with Crippen molar-refractivity contribution in [2.45, 2.75) is 101 Å². The molecule has 6 rings (SSSR count). The van der Waals surface area contributed by atoms with Gasteiger partial charge in [0.2, 0.25) is 0 Å². The first-order valence-corrected chi connectivity index (χ1v) is 18.2. The molecule has 1 saturated carbocycles. The van der Waals surface area contributed by atoms with Crippen LogP contribution in [0.25, 0.3) is 0 Å². The zero-order valence-electron chi connectivity index (χ0n) is 29.1. The van der Waals surface area contributed by atoms with Gasteiger partial charge < -0.3 is 33.9 Å². The summed E-state index contributed by atoms with van der Waals surface area (Å²) in [4.78, 5) is 13.9. The predicted octanol–water partition coefficient (Wildman–Crippen LogP) is 6.95. The number of carbonyl (C=O) groups is 1. The van der Waals surface area contributed by atoms with Crippen molar-refractivity contribution in [3.8, 4) is 0 Å². The van der Waals surface area contributed by atoms with Gasteiger partial charge in [0, 0.05) is 6.42 Å². The Hall–Kier alpha value is -3.89. The largest absolute Gasteiger partial charge is 0.459 e. The molecule has 1 aliphatic heterocycles. The van der Waals surface area contributed by atoms with Crippen molar-refractivity contribution in [1.29, 1.82) is 0 Å². The number of hydrogen-bond acceptors (Lipinski definition) is 8. The summed E-state index contributed by atoms with van der Waals surface area (Å²) in [5.74, 6) is -2.18. The second kappa shape index (κ2) is 18.6. The molecular weight excluding hydrogens is 644 g/mol. The van der Waals surface area contributed by atoms with Crippen molar-refractivity contribution in [1.82, 2.24) is 0 Å². The first-order valence-electron chi connectivity index (χ1n) is 18.2. The van der Waals surface area contributed by atoms with Gasteiger partial charge in [0.05, 0.1) is 19.8 Å². The maximum Gasteiger partial charge on any atom is 0.335 e. The van der Waals surface area contributed by atoms with Gasteiger partial charge in [-0.2, -0.15) is 0 Å². The minimum absolute atomic E-state index is 0.0236. The molecule has 1 saturated heterocycles. The number of rotatable bonds is 16. The molecule has 4 aromatic rings. The van der Waals surface area contributed by atoms with Crippen molar-refractivity contribution >= 4 is 5.97 Å². The number of ether oxygens (including phenoxy) is 5. The molecule has 2 aliphatic rings. The molecule has 0 amide bonds. The molecular formula is C43H50O8. The van der Waals surface area contributed by atoms with E-state index in [0.29, 0.717) is 13.0 Å². The standard InChI is InChI=1S/C43H50O8/c44-39-38(31-47-28-34-20-10-3-11-21-34)51-43(46,27-33-18-8-2-9-19-33)41(48-29-35-22-12-4-13-23-35)40(39)50-37(26-32-16-6-1-7-17-32)42(45)49-30-36-24-14-5-15-25-36/h2-5,8-15,18-25,32,37-41,44,46H,1,6-7,16-17,26-31H2/t37-,38+,39-,40-,41+,43+/m0/s1. The summed E-state index contributed by atoms with van der Waals surface area (Å²) in [6.45, 7) is 0.492. The van der Waals surface area contributed by atoms with Crippen LogP contribution in [-0.2, 0) is 54.7 Å². The van der Waals surface area contributed by atoms with Gasteiger partial charge >= 0.3 is 5.97 Å². The van der Waals surface area contributed by atoms with E-state index in [4.69, 9.17) is 23.7 Å². The lowest BCUT2D eigenvalue weighted by Gasteiger charge is -2.49. The fourth-order valence-electron chi connectivity index (χ4n) is 7.16. The summed E-state index contributed by atoms with van der Waals surface area (Å²) in [7, 11) is 0. The van der Waals surface area contributed by atoms with E-state index in [-0.39, 0.29) is 32.2 Å². The molecule has 0 aromatic heterocycles. The lowest BCUT2D eigenvalue weighted by atomic mass is 9.84. The van der Waals surface area contributed by atoms with E-state index >= 15 is 0 Å². The molecule has 0 radical (unpaired) electrons. The SMILES string of the molecule is O=C(OCc1ccccc1)[C@H](CC1CCCCC1)O[C@H]1[C@@H](O)[C@@H](COCc2ccccc2)O[C@](O)(Cc2ccccc2)[C@@H]1OCc1ccccc1. The van der Waals surface area contributed by atoms with Crippen LogP contribution in [0, 0.1) is 5.92 Å². The summed E-state index contributed by atoms with van der Waals surface area (Å²) < 4.78 is 31.6. The monoisotopic (exact) mass is 694 g/mol. The molecule has 0 unspecified atom stereocenters. The van der Waals surface area contributed by atoms with Gasteiger partial charge in [0.25, 0.3) is 0 Å². The van der Waals surface area contributed by atoms with Gasteiger partial charge in [-0.05, 0) is 34.6 Å². The van der Waals surface area contributed by atoms with Gasteiger partial charge in [-0.25, -0.2) is 4.79 Å². The Labute approximate surface area is 301 Å². The van der Waals surface area contributed by atoms with Gasteiger partial charge in [-0.15, -0.1) is 0 Å². The van der Waals surface area contributed by atoms with Crippen LogP contribution in [0.3, 0.4) is 0 Å². The van der Waals surface area contributed by atoms with E-state index in [1.54, 1.807) is 0 Å². The number of hydrogen-bond donors (Lipinski definition) is 2.